The van der Waals surface area contributed by atoms with Crippen LogP contribution in [0, 0.1) is 0 Å². The van der Waals surface area contributed by atoms with Gasteiger partial charge in [-0.05, 0) is 41.6 Å². The number of hydrogen-bond acceptors (Lipinski definition) is 1. The summed E-state index contributed by atoms with van der Waals surface area (Å²) >= 11 is 0. The molecule has 0 fully saturated rings. The Bertz CT molecular complexity index is 667. The Labute approximate surface area is 141 Å². The third-order valence-electron chi connectivity index (χ3n) is 5.64. The molecule has 1 unspecified atom stereocenters. The van der Waals surface area contributed by atoms with Crippen LogP contribution in [0.25, 0.3) is 0 Å². The van der Waals surface area contributed by atoms with E-state index in [1.807, 2.05) is 0 Å². The maximum Gasteiger partial charge on any atom is 0.0236 e. The van der Waals surface area contributed by atoms with E-state index in [-0.39, 0.29) is 5.41 Å². The average Bonchev–Trinajstić information content (AvgIpc) is 2.54. The van der Waals surface area contributed by atoms with E-state index in [0.29, 0.717) is 12.0 Å². The molecule has 1 nitrogen and oxygen atoms in total. The zero-order valence-corrected chi connectivity index (χ0v) is 15.1. The Morgan fingerprint density at radius 1 is 0.957 bits per heavy atom. The second-order valence-corrected chi connectivity index (χ2v) is 7.90. The summed E-state index contributed by atoms with van der Waals surface area (Å²) in [5.74, 6) is 0.594. The first-order valence-electron chi connectivity index (χ1n) is 8.77. The van der Waals surface area contributed by atoms with Crippen LogP contribution in [-0.4, -0.2) is 18.0 Å². The number of hydrogen-bond donors (Lipinski definition) is 0. The summed E-state index contributed by atoms with van der Waals surface area (Å²) < 4.78 is 0. The van der Waals surface area contributed by atoms with Crippen molar-refractivity contribution in [1.82, 2.24) is 4.90 Å². The summed E-state index contributed by atoms with van der Waals surface area (Å²) in [4.78, 5) is 2.53. The van der Waals surface area contributed by atoms with Crippen LogP contribution in [0.2, 0.25) is 0 Å². The summed E-state index contributed by atoms with van der Waals surface area (Å²) in [7, 11) is 2.27. The summed E-state index contributed by atoms with van der Waals surface area (Å²) in [5.41, 5.74) is 6.00. The molecule has 1 atom stereocenters. The van der Waals surface area contributed by atoms with E-state index >= 15 is 0 Å². The van der Waals surface area contributed by atoms with Crippen LogP contribution in [0.1, 0.15) is 55.9 Å². The molecule has 2 aromatic rings. The highest BCUT2D eigenvalue weighted by Crippen LogP contribution is 2.36. The van der Waals surface area contributed by atoms with Crippen molar-refractivity contribution in [3.8, 4) is 0 Å². The van der Waals surface area contributed by atoms with Crippen LogP contribution in [0.5, 0.6) is 0 Å². The van der Waals surface area contributed by atoms with Gasteiger partial charge in [0, 0.05) is 18.0 Å². The van der Waals surface area contributed by atoms with Gasteiger partial charge < -0.3 is 0 Å². The Kier molecular flexibility index (Phi) is 4.33. The average molecular weight is 307 g/mol. The molecule has 2 aromatic carbocycles. The molecule has 1 heterocycles. The highest BCUT2D eigenvalue weighted by Gasteiger charge is 2.36. The fourth-order valence-electron chi connectivity index (χ4n) is 3.95. The molecule has 3 rings (SSSR count). The molecule has 1 heteroatoms. The second-order valence-electron chi connectivity index (χ2n) is 7.90. The van der Waals surface area contributed by atoms with E-state index in [0.717, 1.165) is 13.0 Å². The number of fused-ring (bicyclic) bond motifs is 1. The Morgan fingerprint density at radius 3 is 2.17 bits per heavy atom. The Morgan fingerprint density at radius 2 is 1.57 bits per heavy atom. The van der Waals surface area contributed by atoms with E-state index in [9.17, 15) is 0 Å². The van der Waals surface area contributed by atoms with E-state index in [1.54, 1.807) is 0 Å². The van der Waals surface area contributed by atoms with Gasteiger partial charge in [0.05, 0.1) is 0 Å². The Balaban J connectivity index is 1.90. The van der Waals surface area contributed by atoms with E-state index in [1.165, 1.54) is 22.3 Å². The van der Waals surface area contributed by atoms with Gasteiger partial charge in [0.2, 0.25) is 0 Å². The molecule has 0 spiro atoms. The van der Waals surface area contributed by atoms with Crippen molar-refractivity contribution in [3.63, 3.8) is 0 Å². The zero-order chi connectivity index (χ0) is 16.6. The predicted octanol–water partition coefficient (Wildman–Crippen LogP) is 5.14. The van der Waals surface area contributed by atoms with Crippen LogP contribution < -0.4 is 0 Å². The van der Waals surface area contributed by atoms with Crippen LogP contribution in [0.3, 0.4) is 0 Å². The smallest absolute Gasteiger partial charge is 0.0236 e. The maximum atomic E-state index is 2.53. The van der Waals surface area contributed by atoms with Crippen LogP contribution >= 0.6 is 0 Å². The molecule has 122 valence electrons. The molecular formula is C22H29N. The topological polar surface area (TPSA) is 3.24 Å². The van der Waals surface area contributed by atoms with Gasteiger partial charge in [-0.15, -0.1) is 0 Å². The molecule has 0 saturated carbocycles. The van der Waals surface area contributed by atoms with Crippen molar-refractivity contribution >= 4 is 0 Å². The number of likely N-dealkylation sites (N-methyl/N-ethyl adjacent to an activating group) is 1. The van der Waals surface area contributed by atoms with Crippen molar-refractivity contribution in [2.45, 2.75) is 58.0 Å². The first-order chi connectivity index (χ1) is 10.9. The van der Waals surface area contributed by atoms with Gasteiger partial charge in [0.25, 0.3) is 0 Å². The van der Waals surface area contributed by atoms with Crippen molar-refractivity contribution < 1.29 is 0 Å². The van der Waals surface area contributed by atoms with Crippen LogP contribution in [0.4, 0.5) is 0 Å². The Hall–Kier alpha value is -1.60. The van der Waals surface area contributed by atoms with Crippen molar-refractivity contribution in [2.24, 2.45) is 0 Å². The second kappa shape index (κ2) is 6.13. The lowest BCUT2D eigenvalue weighted by Gasteiger charge is -2.44. The first-order valence-corrected chi connectivity index (χ1v) is 8.77. The van der Waals surface area contributed by atoms with Gasteiger partial charge in [-0.3, -0.25) is 4.90 Å². The molecule has 1 aliphatic heterocycles. The summed E-state index contributed by atoms with van der Waals surface area (Å²) in [6, 6.07) is 18.7. The van der Waals surface area contributed by atoms with Crippen molar-refractivity contribution in [1.29, 1.82) is 0 Å². The lowest BCUT2D eigenvalue weighted by atomic mass is 9.72. The molecule has 0 radical (unpaired) electrons. The van der Waals surface area contributed by atoms with Gasteiger partial charge in [0.1, 0.15) is 0 Å². The van der Waals surface area contributed by atoms with Gasteiger partial charge in [0.15, 0.2) is 0 Å². The number of rotatable bonds is 3. The lowest BCUT2D eigenvalue weighted by Crippen LogP contribution is -2.49. The van der Waals surface area contributed by atoms with Gasteiger partial charge in [-0.25, -0.2) is 0 Å². The minimum absolute atomic E-state index is 0.137. The monoisotopic (exact) mass is 307 g/mol. The normalized spacial score (nSPS) is 19.0. The maximum absolute atomic E-state index is 2.53. The highest BCUT2D eigenvalue weighted by molar-refractivity contribution is 5.35. The summed E-state index contributed by atoms with van der Waals surface area (Å²) in [5, 5.41) is 0. The van der Waals surface area contributed by atoms with Crippen LogP contribution in [-0.2, 0) is 18.4 Å². The lowest BCUT2D eigenvalue weighted by molar-refractivity contribution is 0.144. The predicted molar refractivity (Wildman–Crippen MR) is 99.0 cm³/mol. The molecule has 0 aliphatic carbocycles. The van der Waals surface area contributed by atoms with E-state index < -0.39 is 0 Å². The van der Waals surface area contributed by atoms with Gasteiger partial charge in [-0.1, -0.05) is 76.2 Å². The quantitative estimate of drug-likeness (QED) is 0.758. The third-order valence-corrected chi connectivity index (χ3v) is 5.64. The highest BCUT2D eigenvalue weighted by atomic mass is 15.1. The third kappa shape index (κ3) is 3.07. The van der Waals surface area contributed by atoms with E-state index in [4.69, 9.17) is 0 Å². The zero-order valence-electron chi connectivity index (χ0n) is 15.1. The molecule has 0 aromatic heterocycles. The fraction of sp³-hybridized carbons (Fsp3) is 0.455. The summed E-state index contributed by atoms with van der Waals surface area (Å²) in [6.07, 6.45) is 1.13. The molecule has 0 bridgehead atoms. The molecular weight excluding hydrogens is 278 g/mol. The minimum atomic E-state index is 0.137. The number of benzene rings is 2. The van der Waals surface area contributed by atoms with Crippen molar-refractivity contribution in [3.05, 3.63) is 70.8 Å². The molecule has 23 heavy (non-hydrogen) atoms. The first kappa shape index (κ1) is 16.3. The standard InChI is InChI=1S/C22H29N/c1-16(2)17-10-12-20(13-11-17)22(3,4)21-14-18-8-6-7-9-19(18)15-23(21)5/h6-13,16,21H,14-15H2,1-5H3. The van der Waals surface area contributed by atoms with Gasteiger partial charge >= 0.3 is 0 Å². The largest absolute Gasteiger partial charge is 0.298 e. The molecule has 0 amide bonds. The fourth-order valence-corrected chi connectivity index (χ4v) is 3.95. The van der Waals surface area contributed by atoms with Gasteiger partial charge in [-0.2, -0.15) is 0 Å². The summed E-state index contributed by atoms with van der Waals surface area (Å²) in [6.45, 7) is 10.4. The molecule has 0 saturated heterocycles. The van der Waals surface area contributed by atoms with Crippen molar-refractivity contribution in [2.75, 3.05) is 7.05 Å². The van der Waals surface area contributed by atoms with E-state index in [2.05, 4.69) is 88.2 Å². The number of nitrogens with zero attached hydrogens (tertiary/aromatic N) is 1. The minimum Gasteiger partial charge on any atom is -0.298 e. The SMILES string of the molecule is CC(C)c1ccc(C(C)(C)C2Cc3ccccc3CN2C)cc1. The van der Waals surface area contributed by atoms with Crippen LogP contribution in [0.15, 0.2) is 48.5 Å². The molecule has 1 aliphatic rings. The molecule has 0 N–H and O–H groups in total.